The van der Waals surface area contributed by atoms with Crippen molar-refractivity contribution in [2.75, 3.05) is 34.5 Å². The number of benzene rings is 2. The molecule has 0 unspecified atom stereocenters. The Morgan fingerprint density at radius 2 is 1.52 bits per heavy atom. The van der Waals surface area contributed by atoms with Crippen LogP contribution in [0.2, 0.25) is 0 Å². The molecule has 33 heavy (non-hydrogen) atoms. The number of methoxy groups -OCH3 is 3. The van der Waals surface area contributed by atoms with E-state index in [-0.39, 0.29) is 24.3 Å². The van der Waals surface area contributed by atoms with Crippen LogP contribution in [-0.2, 0) is 14.3 Å². The van der Waals surface area contributed by atoms with E-state index in [1.165, 1.54) is 33.5 Å². The molecule has 2 aromatic rings. The van der Waals surface area contributed by atoms with Crippen molar-refractivity contribution in [3.63, 3.8) is 0 Å². The van der Waals surface area contributed by atoms with Crippen LogP contribution in [0.15, 0.2) is 42.5 Å². The topological polar surface area (TPSA) is 120 Å². The minimum atomic E-state index is -0.804. The van der Waals surface area contributed by atoms with Gasteiger partial charge in [0.25, 0.3) is 5.91 Å². The number of carbonyl (C=O) groups is 4. The van der Waals surface area contributed by atoms with E-state index in [2.05, 4.69) is 5.43 Å². The molecule has 0 aliphatic carbocycles. The fourth-order valence-corrected chi connectivity index (χ4v) is 3.21. The molecule has 1 N–H and O–H groups in total. The van der Waals surface area contributed by atoms with Gasteiger partial charge in [-0.3, -0.25) is 29.6 Å². The van der Waals surface area contributed by atoms with Gasteiger partial charge in [0.05, 0.1) is 33.8 Å². The minimum Gasteiger partial charge on any atom is -0.497 e. The number of nitrogens with zero attached hydrogens (tertiary/aromatic N) is 1. The highest BCUT2D eigenvalue weighted by molar-refractivity contribution is 5.99. The van der Waals surface area contributed by atoms with Gasteiger partial charge in [0, 0.05) is 23.6 Å². The molecule has 3 rings (SSSR count). The first kappa shape index (κ1) is 23.6. The molecule has 0 saturated carbocycles. The van der Waals surface area contributed by atoms with Gasteiger partial charge in [0.2, 0.25) is 5.91 Å². The zero-order chi connectivity index (χ0) is 24.0. The molecular formula is C23H24N2O8. The Labute approximate surface area is 190 Å². The maximum Gasteiger partial charge on any atom is 0.311 e. The normalized spacial score (nSPS) is 15.1. The van der Waals surface area contributed by atoms with Gasteiger partial charge in [0.15, 0.2) is 12.4 Å². The molecule has 0 radical (unpaired) electrons. The minimum absolute atomic E-state index is 0.0682. The van der Waals surface area contributed by atoms with E-state index in [0.29, 0.717) is 22.8 Å². The van der Waals surface area contributed by atoms with Crippen molar-refractivity contribution in [1.82, 2.24) is 10.4 Å². The summed E-state index contributed by atoms with van der Waals surface area (Å²) in [5, 5.41) is 1.06. The van der Waals surface area contributed by atoms with Crippen LogP contribution in [0.1, 0.15) is 27.1 Å². The first-order valence-corrected chi connectivity index (χ1v) is 10.0. The summed E-state index contributed by atoms with van der Waals surface area (Å²) in [6, 6.07) is 11.0. The van der Waals surface area contributed by atoms with Crippen LogP contribution in [-0.4, -0.2) is 63.1 Å². The van der Waals surface area contributed by atoms with Gasteiger partial charge in [-0.25, -0.2) is 0 Å². The van der Waals surface area contributed by atoms with Gasteiger partial charge in [0.1, 0.15) is 17.2 Å². The Morgan fingerprint density at radius 1 is 0.909 bits per heavy atom. The van der Waals surface area contributed by atoms with Gasteiger partial charge in [-0.15, -0.1) is 0 Å². The molecule has 1 fully saturated rings. The molecular weight excluding hydrogens is 432 g/mol. The van der Waals surface area contributed by atoms with Crippen molar-refractivity contribution in [1.29, 1.82) is 0 Å². The van der Waals surface area contributed by atoms with E-state index >= 15 is 0 Å². The standard InChI is InChI=1S/C23H24N2O8/c1-30-17-6-4-14(5-7-17)20(26)13-33-23(29)16-10-21(27)25(12-16)24-22(28)15-8-18(31-2)11-19(9-15)32-3/h4-9,11,16H,10,12-13H2,1-3H3,(H,24,28)/t16-/m1/s1. The maximum atomic E-state index is 12.6. The van der Waals surface area contributed by atoms with E-state index in [9.17, 15) is 19.2 Å². The number of carbonyl (C=O) groups excluding carboxylic acids is 4. The lowest BCUT2D eigenvalue weighted by molar-refractivity contribution is -0.147. The summed E-state index contributed by atoms with van der Waals surface area (Å²) in [6.07, 6.45) is -0.142. The summed E-state index contributed by atoms with van der Waals surface area (Å²) in [4.78, 5) is 49.5. The van der Waals surface area contributed by atoms with Crippen LogP contribution in [0.5, 0.6) is 17.2 Å². The number of Topliss-reactive ketones (excluding diaryl/α,β-unsaturated/α-hetero) is 1. The summed E-state index contributed by atoms with van der Waals surface area (Å²) in [6.45, 7) is -0.521. The molecule has 10 heteroatoms. The summed E-state index contributed by atoms with van der Waals surface area (Å²) in [7, 11) is 4.42. The van der Waals surface area contributed by atoms with Gasteiger partial charge in [-0.1, -0.05) is 0 Å². The van der Waals surface area contributed by atoms with Crippen LogP contribution in [0.25, 0.3) is 0 Å². The van der Waals surface area contributed by atoms with Crippen LogP contribution in [0, 0.1) is 5.92 Å². The summed E-state index contributed by atoms with van der Waals surface area (Å²) in [5.74, 6) is -1.46. The first-order valence-electron chi connectivity index (χ1n) is 10.0. The van der Waals surface area contributed by atoms with Gasteiger partial charge in [-0.2, -0.15) is 0 Å². The van der Waals surface area contributed by atoms with Gasteiger partial charge < -0.3 is 18.9 Å². The fraction of sp³-hybridized carbons (Fsp3) is 0.304. The van der Waals surface area contributed by atoms with Crippen molar-refractivity contribution in [3.05, 3.63) is 53.6 Å². The Kier molecular flexibility index (Phi) is 7.50. The van der Waals surface area contributed by atoms with Crippen LogP contribution in [0.4, 0.5) is 0 Å². The molecule has 0 spiro atoms. The Bertz CT molecular complexity index is 1030. The van der Waals surface area contributed by atoms with Crippen molar-refractivity contribution in [2.45, 2.75) is 6.42 Å². The van der Waals surface area contributed by atoms with Gasteiger partial charge >= 0.3 is 5.97 Å². The van der Waals surface area contributed by atoms with Crippen molar-refractivity contribution in [2.24, 2.45) is 5.92 Å². The number of hydrogen-bond donors (Lipinski definition) is 1. The Hall–Kier alpha value is -4.08. The number of ether oxygens (including phenoxy) is 4. The van der Waals surface area contributed by atoms with Crippen molar-refractivity contribution in [3.8, 4) is 17.2 Å². The van der Waals surface area contributed by atoms with E-state index in [0.717, 1.165) is 5.01 Å². The number of esters is 1. The Balaban J connectivity index is 1.55. The number of hydrazine groups is 1. The zero-order valence-electron chi connectivity index (χ0n) is 18.5. The zero-order valence-corrected chi connectivity index (χ0v) is 18.5. The first-order chi connectivity index (χ1) is 15.8. The number of nitrogens with one attached hydrogen (secondary N) is 1. The second kappa shape index (κ2) is 10.5. The molecule has 1 aliphatic heterocycles. The molecule has 10 nitrogen and oxygen atoms in total. The average molecular weight is 456 g/mol. The van der Waals surface area contributed by atoms with E-state index in [4.69, 9.17) is 18.9 Å². The molecule has 174 valence electrons. The number of ketones is 1. The highest BCUT2D eigenvalue weighted by Crippen LogP contribution is 2.23. The third kappa shape index (κ3) is 5.79. The largest absolute Gasteiger partial charge is 0.497 e. The van der Waals surface area contributed by atoms with Crippen LogP contribution < -0.4 is 19.6 Å². The Morgan fingerprint density at radius 3 is 2.09 bits per heavy atom. The molecule has 1 aliphatic rings. The molecule has 2 aromatic carbocycles. The highest BCUT2D eigenvalue weighted by atomic mass is 16.5. The molecule has 0 bridgehead atoms. The van der Waals surface area contributed by atoms with Crippen LogP contribution >= 0.6 is 0 Å². The summed E-state index contributed by atoms with van der Waals surface area (Å²) in [5.41, 5.74) is 3.07. The lowest BCUT2D eigenvalue weighted by Crippen LogP contribution is -2.43. The monoisotopic (exact) mass is 456 g/mol. The number of hydrogen-bond acceptors (Lipinski definition) is 8. The smallest absolute Gasteiger partial charge is 0.311 e. The summed E-state index contributed by atoms with van der Waals surface area (Å²) < 4.78 is 20.4. The third-order valence-electron chi connectivity index (χ3n) is 5.07. The van der Waals surface area contributed by atoms with Crippen molar-refractivity contribution < 1.29 is 38.1 Å². The fourth-order valence-electron chi connectivity index (χ4n) is 3.21. The maximum absolute atomic E-state index is 12.6. The predicted molar refractivity (Wildman–Crippen MR) is 115 cm³/mol. The average Bonchev–Trinajstić information content (AvgIpc) is 3.21. The lowest BCUT2D eigenvalue weighted by atomic mass is 10.1. The predicted octanol–water partition coefficient (Wildman–Crippen LogP) is 1.63. The third-order valence-corrected chi connectivity index (χ3v) is 5.07. The summed E-state index contributed by atoms with van der Waals surface area (Å²) >= 11 is 0. The van der Waals surface area contributed by atoms with Crippen LogP contribution in [0.3, 0.4) is 0 Å². The van der Waals surface area contributed by atoms with E-state index in [1.807, 2.05) is 0 Å². The van der Waals surface area contributed by atoms with E-state index in [1.54, 1.807) is 30.3 Å². The highest BCUT2D eigenvalue weighted by Gasteiger charge is 2.37. The molecule has 0 aromatic heterocycles. The lowest BCUT2D eigenvalue weighted by Gasteiger charge is -2.18. The molecule has 2 amide bonds. The second-order valence-corrected chi connectivity index (χ2v) is 7.21. The molecule has 1 heterocycles. The van der Waals surface area contributed by atoms with E-state index < -0.39 is 30.3 Å². The number of amides is 2. The molecule has 1 atom stereocenters. The second-order valence-electron chi connectivity index (χ2n) is 7.21. The number of rotatable bonds is 9. The van der Waals surface area contributed by atoms with Gasteiger partial charge in [-0.05, 0) is 36.4 Å². The quantitative estimate of drug-likeness (QED) is 0.447. The molecule has 1 saturated heterocycles. The SMILES string of the molecule is COc1ccc(C(=O)COC(=O)[C@@H]2CC(=O)N(NC(=O)c3cc(OC)cc(OC)c3)C2)cc1. The van der Waals surface area contributed by atoms with Crippen molar-refractivity contribution >= 4 is 23.6 Å².